The van der Waals surface area contributed by atoms with E-state index in [0.29, 0.717) is 12.4 Å². The second-order valence-electron chi connectivity index (χ2n) is 6.01. The van der Waals surface area contributed by atoms with E-state index < -0.39 is 6.16 Å². The lowest BCUT2D eigenvalue weighted by Gasteiger charge is -2.10. The van der Waals surface area contributed by atoms with Crippen LogP contribution in [0.2, 0.25) is 0 Å². The van der Waals surface area contributed by atoms with Crippen LogP contribution in [0.1, 0.15) is 18.1 Å². The van der Waals surface area contributed by atoms with Crippen molar-refractivity contribution < 1.29 is 14.3 Å². The molecule has 0 saturated carbocycles. The van der Waals surface area contributed by atoms with E-state index >= 15 is 0 Å². The van der Waals surface area contributed by atoms with E-state index in [9.17, 15) is 4.79 Å². The van der Waals surface area contributed by atoms with E-state index in [1.54, 1.807) is 6.92 Å². The summed E-state index contributed by atoms with van der Waals surface area (Å²) in [5, 5.41) is 0. The highest BCUT2D eigenvalue weighted by Gasteiger charge is 2.23. The summed E-state index contributed by atoms with van der Waals surface area (Å²) >= 11 is 0. The summed E-state index contributed by atoms with van der Waals surface area (Å²) in [6.45, 7) is 2.05. The van der Waals surface area contributed by atoms with Crippen molar-refractivity contribution in [1.29, 1.82) is 0 Å². The van der Waals surface area contributed by atoms with E-state index in [1.807, 2.05) is 36.4 Å². The lowest BCUT2D eigenvalue weighted by Crippen LogP contribution is -2.11. The molecule has 0 bridgehead atoms. The van der Waals surface area contributed by atoms with Crippen molar-refractivity contribution >= 4 is 17.1 Å². The molecule has 0 unspecified atom stereocenters. The molecule has 4 heteroatoms. The standard InChI is InChI=1S/C23H23O3S/c1-2-25-23(24)26-21-13-15-22(16-14-21)27(17-19-9-5-3-6-10-19)18-20-11-7-4-8-12-20/h3-16H,2,17-18H2,1H3/q+1. The average Bonchev–Trinajstić information content (AvgIpc) is 2.70. The fourth-order valence-electron chi connectivity index (χ4n) is 2.71. The number of benzene rings is 3. The van der Waals surface area contributed by atoms with E-state index in [1.165, 1.54) is 16.0 Å². The Morgan fingerprint density at radius 3 is 1.78 bits per heavy atom. The average molecular weight is 380 g/mol. The third-order valence-electron chi connectivity index (χ3n) is 3.99. The normalized spacial score (nSPS) is 10.6. The second kappa shape index (κ2) is 9.83. The highest BCUT2D eigenvalue weighted by molar-refractivity contribution is 7.95. The molecule has 3 nitrogen and oxygen atoms in total. The Kier molecular flexibility index (Phi) is 6.94. The lowest BCUT2D eigenvalue weighted by atomic mass is 10.2. The highest BCUT2D eigenvalue weighted by atomic mass is 32.2. The van der Waals surface area contributed by atoms with Crippen LogP contribution in [0.3, 0.4) is 0 Å². The summed E-state index contributed by atoms with van der Waals surface area (Å²) in [4.78, 5) is 12.7. The van der Waals surface area contributed by atoms with Crippen LogP contribution in [0, 0.1) is 0 Å². The third kappa shape index (κ3) is 5.90. The van der Waals surface area contributed by atoms with Gasteiger partial charge in [0.15, 0.2) is 4.90 Å². The quantitative estimate of drug-likeness (QED) is 0.304. The summed E-state index contributed by atoms with van der Waals surface area (Å²) in [7, 11) is 0.0141. The number of hydrogen-bond acceptors (Lipinski definition) is 3. The van der Waals surface area contributed by atoms with Crippen molar-refractivity contribution in [2.75, 3.05) is 6.61 Å². The minimum absolute atomic E-state index is 0.0141. The summed E-state index contributed by atoms with van der Waals surface area (Å²) in [5.74, 6) is 2.46. The van der Waals surface area contributed by atoms with Crippen molar-refractivity contribution in [3.05, 3.63) is 96.1 Å². The highest BCUT2D eigenvalue weighted by Crippen LogP contribution is 2.25. The van der Waals surface area contributed by atoms with Gasteiger partial charge in [0.05, 0.1) is 6.61 Å². The summed E-state index contributed by atoms with van der Waals surface area (Å²) in [5.41, 5.74) is 2.65. The third-order valence-corrected chi connectivity index (χ3v) is 6.29. The van der Waals surface area contributed by atoms with Crippen molar-refractivity contribution in [2.45, 2.75) is 23.3 Å². The van der Waals surface area contributed by atoms with Gasteiger partial charge in [-0.15, -0.1) is 0 Å². The molecule has 0 spiro atoms. The molecule has 0 N–H and O–H groups in total. The van der Waals surface area contributed by atoms with Crippen molar-refractivity contribution in [3.63, 3.8) is 0 Å². The summed E-state index contributed by atoms with van der Waals surface area (Å²) < 4.78 is 9.99. The molecule has 0 fully saturated rings. The van der Waals surface area contributed by atoms with Crippen LogP contribution in [0.4, 0.5) is 4.79 Å². The minimum atomic E-state index is -0.669. The van der Waals surface area contributed by atoms with Crippen molar-refractivity contribution in [2.24, 2.45) is 0 Å². The number of hydrogen-bond donors (Lipinski definition) is 0. The predicted octanol–water partition coefficient (Wildman–Crippen LogP) is 5.60. The molecular formula is C23H23O3S+. The monoisotopic (exact) mass is 379 g/mol. The topological polar surface area (TPSA) is 35.5 Å². The zero-order valence-electron chi connectivity index (χ0n) is 15.3. The molecule has 3 aromatic rings. The summed E-state index contributed by atoms with van der Waals surface area (Å²) in [6, 6.07) is 28.8. The van der Waals surface area contributed by atoms with Gasteiger partial charge in [0, 0.05) is 22.0 Å². The minimum Gasteiger partial charge on any atom is -0.434 e. The number of carbonyl (C=O) groups excluding carboxylic acids is 1. The Labute approximate surface area is 163 Å². The molecule has 3 aromatic carbocycles. The smallest absolute Gasteiger partial charge is 0.434 e. The van der Waals surface area contributed by atoms with Gasteiger partial charge in [0.1, 0.15) is 17.3 Å². The van der Waals surface area contributed by atoms with Gasteiger partial charge in [-0.05, 0) is 31.2 Å². The van der Waals surface area contributed by atoms with Gasteiger partial charge in [-0.1, -0.05) is 60.7 Å². The van der Waals surface area contributed by atoms with E-state index in [4.69, 9.17) is 9.47 Å². The van der Waals surface area contributed by atoms with Gasteiger partial charge in [0.2, 0.25) is 0 Å². The molecule has 0 aliphatic carbocycles. The molecule has 0 aliphatic rings. The van der Waals surface area contributed by atoms with E-state index in [2.05, 4.69) is 48.5 Å². The molecule has 0 atom stereocenters. The molecule has 3 rings (SSSR count). The first-order chi connectivity index (χ1) is 13.2. The summed E-state index contributed by atoms with van der Waals surface area (Å²) in [6.07, 6.45) is -0.669. The Balaban J connectivity index is 1.78. The first-order valence-electron chi connectivity index (χ1n) is 8.94. The maximum atomic E-state index is 11.5. The van der Waals surface area contributed by atoms with Crippen LogP contribution in [0.25, 0.3) is 0 Å². The largest absolute Gasteiger partial charge is 0.513 e. The van der Waals surface area contributed by atoms with Crippen LogP contribution < -0.4 is 4.74 Å². The Morgan fingerprint density at radius 1 is 0.778 bits per heavy atom. The van der Waals surface area contributed by atoms with Crippen LogP contribution in [-0.4, -0.2) is 12.8 Å². The first-order valence-corrected chi connectivity index (χ1v) is 10.5. The molecule has 138 valence electrons. The lowest BCUT2D eigenvalue weighted by molar-refractivity contribution is 0.104. The van der Waals surface area contributed by atoms with Gasteiger partial charge in [0.25, 0.3) is 0 Å². The molecule has 0 saturated heterocycles. The molecule has 0 amide bonds. The van der Waals surface area contributed by atoms with Crippen LogP contribution in [0.5, 0.6) is 5.75 Å². The maximum absolute atomic E-state index is 11.5. The van der Waals surface area contributed by atoms with E-state index in [0.717, 1.165) is 11.5 Å². The zero-order chi connectivity index (χ0) is 18.9. The van der Waals surface area contributed by atoms with Crippen LogP contribution >= 0.6 is 0 Å². The Hall–Kier alpha value is -2.72. The fourth-order valence-corrected chi connectivity index (χ4v) is 4.86. The molecular weight excluding hydrogens is 356 g/mol. The van der Waals surface area contributed by atoms with Crippen molar-refractivity contribution in [3.8, 4) is 5.75 Å². The Morgan fingerprint density at radius 2 is 1.30 bits per heavy atom. The molecule has 0 aliphatic heterocycles. The first kappa shape index (κ1) is 19.1. The number of carbonyl (C=O) groups is 1. The van der Waals surface area contributed by atoms with Gasteiger partial charge in [-0.3, -0.25) is 0 Å². The van der Waals surface area contributed by atoms with E-state index in [-0.39, 0.29) is 10.9 Å². The fraction of sp³-hybridized carbons (Fsp3) is 0.174. The molecule has 0 radical (unpaired) electrons. The molecule has 27 heavy (non-hydrogen) atoms. The predicted molar refractivity (Wildman–Crippen MR) is 110 cm³/mol. The number of ether oxygens (including phenoxy) is 2. The van der Waals surface area contributed by atoms with Gasteiger partial charge >= 0.3 is 6.16 Å². The maximum Gasteiger partial charge on any atom is 0.513 e. The SMILES string of the molecule is CCOC(=O)Oc1ccc([S+](Cc2ccccc2)Cc2ccccc2)cc1. The zero-order valence-corrected chi connectivity index (χ0v) is 16.2. The second-order valence-corrected chi connectivity index (χ2v) is 8.04. The number of rotatable bonds is 7. The van der Waals surface area contributed by atoms with Gasteiger partial charge < -0.3 is 9.47 Å². The molecule has 0 aromatic heterocycles. The Bertz CT molecular complexity index is 791. The van der Waals surface area contributed by atoms with Crippen LogP contribution in [-0.2, 0) is 27.1 Å². The van der Waals surface area contributed by atoms with Gasteiger partial charge in [-0.25, -0.2) is 4.79 Å². The van der Waals surface area contributed by atoms with Gasteiger partial charge in [-0.2, -0.15) is 0 Å². The molecule has 0 heterocycles. The van der Waals surface area contributed by atoms with Crippen LogP contribution in [0.15, 0.2) is 89.8 Å². The van der Waals surface area contributed by atoms with Crippen molar-refractivity contribution in [1.82, 2.24) is 0 Å².